The molecule has 1 rings (SSSR count). The van der Waals surface area contributed by atoms with Crippen LogP contribution in [-0.2, 0) is 0 Å². The van der Waals surface area contributed by atoms with E-state index < -0.39 is 6.18 Å². The van der Waals surface area contributed by atoms with E-state index >= 15 is 0 Å². The molecule has 1 aromatic heterocycles. The lowest BCUT2D eigenvalue weighted by molar-refractivity contribution is -0.0928. The summed E-state index contributed by atoms with van der Waals surface area (Å²) in [5.41, 5.74) is 0.0694. The molecule has 0 bridgehead atoms. The molecule has 59 valence electrons. The van der Waals surface area contributed by atoms with Gasteiger partial charge in [0.25, 0.3) is 0 Å². The standard InChI is InChI=1S/C7H5F3N/c8-7(9,10)4-6-2-1-3-11-5-6/h1-5H. The lowest BCUT2D eigenvalue weighted by Gasteiger charge is -2.03. The van der Waals surface area contributed by atoms with Crippen LogP contribution in [0.2, 0.25) is 0 Å². The van der Waals surface area contributed by atoms with Crippen molar-refractivity contribution in [1.29, 1.82) is 0 Å². The summed E-state index contributed by atoms with van der Waals surface area (Å²) in [6.45, 7) is 0. The predicted octanol–water partition coefficient (Wildman–Crippen LogP) is 2.20. The summed E-state index contributed by atoms with van der Waals surface area (Å²) in [4.78, 5) is 3.54. The molecule has 0 N–H and O–H groups in total. The Morgan fingerprint density at radius 1 is 1.36 bits per heavy atom. The maximum absolute atomic E-state index is 11.7. The van der Waals surface area contributed by atoms with Gasteiger partial charge in [-0.3, -0.25) is 4.98 Å². The lowest BCUT2D eigenvalue weighted by atomic mass is 10.2. The molecule has 0 aliphatic carbocycles. The van der Waals surface area contributed by atoms with Crippen LogP contribution in [0.5, 0.6) is 0 Å². The molecular formula is C7H5F3N. The molecule has 4 heteroatoms. The van der Waals surface area contributed by atoms with Crippen LogP contribution in [0.3, 0.4) is 0 Å². The summed E-state index contributed by atoms with van der Waals surface area (Å²) in [5, 5.41) is 0. The summed E-state index contributed by atoms with van der Waals surface area (Å²) in [7, 11) is 0. The van der Waals surface area contributed by atoms with E-state index in [1.54, 1.807) is 0 Å². The van der Waals surface area contributed by atoms with E-state index in [1.165, 1.54) is 18.3 Å². The number of rotatable bonds is 1. The van der Waals surface area contributed by atoms with Gasteiger partial charge in [-0.2, -0.15) is 13.2 Å². The van der Waals surface area contributed by atoms with Crippen LogP contribution in [0.25, 0.3) is 0 Å². The molecule has 0 aromatic carbocycles. The van der Waals surface area contributed by atoms with Crippen LogP contribution < -0.4 is 0 Å². The van der Waals surface area contributed by atoms with Crippen molar-refractivity contribution in [3.05, 3.63) is 36.5 Å². The van der Waals surface area contributed by atoms with Gasteiger partial charge < -0.3 is 0 Å². The zero-order chi connectivity index (χ0) is 8.32. The number of aromatic nitrogens is 1. The molecule has 0 aliphatic rings. The van der Waals surface area contributed by atoms with Crippen LogP contribution in [0.4, 0.5) is 13.2 Å². The fraction of sp³-hybridized carbons (Fsp3) is 0.143. The molecule has 0 amide bonds. The highest BCUT2D eigenvalue weighted by Gasteiger charge is 2.28. The van der Waals surface area contributed by atoms with Gasteiger partial charge in [-0.15, -0.1) is 0 Å². The quantitative estimate of drug-likeness (QED) is 0.613. The van der Waals surface area contributed by atoms with Gasteiger partial charge in [0.15, 0.2) is 0 Å². The number of hydrogen-bond donors (Lipinski definition) is 0. The third-order valence-corrected chi connectivity index (χ3v) is 1.01. The normalized spacial score (nSPS) is 11.5. The average molecular weight is 160 g/mol. The second kappa shape index (κ2) is 2.90. The fourth-order valence-corrected chi connectivity index (χ4v) is 0.650. The Morgan fingerprint density at radius 2 is 2.09 bits per heavy atom. The van der Waals surface area contributed by atoms with Crippen molar-refractivity contribution in [3.63, 3.8) is 0 Å². The monoisotopic (exact) mass is 160 g/mol. The van der Waals surface area contributed by atoms with Crippen molar-refractivity contribution in [2.75, 3.05) is 0 Å². The second-order valence-electron chi connectivity index (χ2n) is 1.97. The predicted molar refractivity (Wildman–Crippen MR) is 33.7 cm³/mol. The van der Waals surface area contributed by atoms with Gasteiger partial charge in [0, 0.05) is 12.4 Å². The summed E-state index contributed by atoms with van der Waals surface area (Å²) >= 11 is 0. The first-order chi connectivity index (χ1) is 5.08. The van der Waals surface area contributed by atoms with Crippen molar-refractivity contribution in [3.8, 4) is 0 Å². The van der Waals surface area contributed by atoms with Gasteiger partial charge in [-0.05, 0) is 11.6 Å². The van der Waals surface area contributed by atoms with Crippen LogP contribution in [0.15, 0.2) is 24.5 Å². The fourth-order valence-electron chi connectivity index (χ4n) is 0.650. The second-order valence-corrected chi connectivity index (χ2v) is 1.97. The van der Waals surface area contributed by atoms with Gasteiger partial charge in [-0.1, -0.05) is 6.07 Å². The summed E-state index contributed by atoms with van der Waals surface area (Å²) < 4.78 is 35.0. The molecule has 1 aromatic rings. The van der Waals surface area contributed by atoms with Crippen LogP contribution >= 0.6 is 0 Å². The molecule has 11 heavy (non-hydrogen) atoms. The van der Waals surface area contributed by atoms with E-state index in [4.69, 9.17) is 0 Å². The van der Waals surface area contributed by atoms with Crippen molar-refractivity contribution >= 4 is 0 Å². The third kappa shape index (κ3) is 3.02. The molecular weight excluding hydrogens is 155 g/mol. The van der Waals surface area contributed by atoms with Crippen molar-refractivity contribution in [2.24, 2.45) is 0 Å². The minimum Gasteiger partial charge on any atom is -0.264 e. The highest BCUT2D eigenvalue weighted by atomic mass is 19.4. The molecule has 0 fully saturated rings. The Kier molecular flexibility index (Phi) is 2.12. The SMILES string of the molecule is FC(F)(F)[CH]c1cccnc1. The van der Waals surface area contributed by atoms with E-state index in [0.717, 1.165) is 6.20 Å². The molecule has 1 radical (unpaired) electrons. The number of alkyl halides is 3. The molecule has 0 saturated heterocycles. The molecule has 1 heterocycles. The molecule has 1 nitrogen and oxygen atoms in total. The highest BCUT2D eigenvalue weighted by molar-refractivity contribution is 5.19. The average Bonchev–Trinajstić information content (AvgIpc) is 1.85. The minimum absolute atomic E-state index is 0.0694. The lowest BCUT2D eigenvalue weighted by Crippen LogP contribution is -2.08. The first-order valence-corrected chi connectivity index (χ1v) is 2.90. The number of halogens is 3. The maximum atomic E-state index is 11.7. The smallest absolute Gasteiger partial charge is 0.264 e. The third-order valence-electron chi connectivity index (χ3n) is 1.01. The minimum atomic E-state index is -4.26. The summed E-state index contributed by atoms with van der Waals surface area (Å²) in [6, 6.07) is 2.80. The Morgan fingerprint density at radius 3 is 2.55 bits per heavy atom. The molecule has 0 spiro atoms. The first kappa shape index (κ1) is 8.04. The molecule has 0 saturated carbocycles. The topological polar surface area (TPSA) is 12.9 Å². The van der Waals surface area contributed by atoms with Crippen LogP contribution in [-0.4, -0.2) is 11.2 Å². The highest BCUT2D eigenvalue weighted by Crippen LogP contribution is 2.22. The molecule has 0 aliphatic heterocycles. The van der Waals surface area contributed by atoms with Crippen LogP contribution in [0, 0.1) is 6.42 Å². The van der Waals surface area contributed by atoms with E-state index in [-0.39, 0.29) is 12.0 Å². The summed E-state index contributed by atoms with van der Waals surface area (Å²) in [6.07, 6.45) is -1.47. The van der Waals surface area contributed by atoms with E-state index in [2.05, 4.69) is 4.98 Å². The zero-order valence-corrected chi connectivity index (χ0v) is 5.47. The van der Waals surface area contributed by atoms with Gasteiger partial charge in [0.05, 0.1) is 6.42 Å². The van der Waals surface area contributed by atoms with Gasteiger partial charge >= 0.3 is 6.18 Å². The molecule has 0 atom stereocenters. The van der Waals surface area contributed by atoms with E-state index in [1.807, 2.05) is 0 Å². The Bertz CT molecular complexity index is 217. The van der Waals surface area contributed by atoms with Crippen molar-refractivity contribution in [2.45, 2.75) is 6.18 Å². The Balaban J connectivity index is 2.66. The van der Waals surface area contributed by atoms with E-state index in [9.17, 15) is 13.2 Å². The summed E-state index contributed by atoms with van der Waals surface area (Å²) in [5.74, 6) is 0. The van der Waals surface area contributed by atoms with E-state index in [0.29, 0.717) is 0 Å². The van der Waals surface area contributed by atoms with Crippen molar-refractivity contribution < 1.29 is 13.2 Å². The largest absolute Gasteiger partial charge is 0.396 e. The van der Waals surface area contributed by atoms with Crippen molar-refractivity contribution in [1.82, 2.24) is 4.98 Å². The van der Waals surface area contributed by atoms with Gasteiger partial charge in [0.2, 0.25) is 0 Å². The number of nitrogens with zero attached hydrogens (tertiary/aromatic N) is 1. The maximum Gasteiger partial charge on any atom is 0.396 e. The van der Waals surface area contributed by atoms with Gasteiger partial charge in [-0.25, -0.2) is 0 Å². The van der Waals surface area contributed by atoms with Gasteiger partial charge in [0.1, 0.15) is 0 Å². The Labute approximate surface area is 61.9 Å². The Hall–Kier alpha value is -1.06. The first-order valence-electron chi connectivity index (χ1n) is 2.90. The van der Waals surface area contributed by atoms with Crippen LogP contribution in [0.1, 0.15) is 5.56 Å². The zero-order valence-electron chi connectivity index (χ0n) is 5.47. The molecule has 0 unspecified atom stereocenters. The number of pyridine rings is 1. The number of hydrogen-bond acceptors (Lipinski definition) is 1.